The molecule has 1 unspecified atom stereocenters. The zero-order chi connectivity index (χ0) is 13.8. The van der Waals surface area contributed by atoms with Crippen molar-refractivity contribution in [2.45, 2.75) is 19.9 Å². The largest absolute Gasteiger partial charge is 0.477 e. The fourth-order valence-corrected chi connectivity index (χ4v) is 1.89. The number of nitrogens with zero attached hydrogens (tertiary/aromatic N) is 2. The van der Waals surface area contributed by atoms with Crippen LogP contribution < -0.4 is 5.32 Å². The lowest BCUT2D eigenvalue weighted by molar-refractivity contribution is 0.0690. The lowest BCUT2D eigenvalue weighted by Gasteiger charge is -2.16. The van der Waals surface area contributed by atoms with E-state index in [-0.39, 0.29) is 11.7 Å². The summed E-state index contributed by atoms with van der Waals surface area (Å²) in [5.74, 6) is -0.746. The summed E-state index contributed by atoms with van der Waals surface area (Å²) < 4.78 is 0. The lowest BCUT2D eigenvalue weighted by atomic mass is 10.0. The Hall–Kier alpha value is -2.43. The van der Waals surface area contributed by atoms with Crippen molar-refractivity contribution in [3.8, 4) is 0 Å². The zero-order valence-electron chi connectivity index (χ0n) is 10.8. The van der Waals surface area contributed by atoms with E-state index < -0.39 is 5.97 Å². The Balaban J connectivity index is 2.19. The smallest absolute Gasteiger partial charge is 0.354 e. The van der Waals surface area contributed by atoms with Crippen LogP contribution in [0.1, 0.15) is 34.6 Å². The SMILES string of the molecule is Cc1ccccc1C(C)Nc1nccc(C(=O)O)n1. The Kier molecular flexibility index (Phi) is 3.75. The molecule has 0 aliphatic heterocycles. The quantitative estimate of drug-likeness (QED) is 0.880. The van der Waals surface area contributed by atoms with E-state index in [1.54, 1.807) is 0 Å². The molecule has 2 N–H and O–H groups in total. The molecule has 1 heterocycles. The molecule has 19 heavy (non-hydrogen) atoms. The second-order valence-corrected chi connectivity index (χ2v) is 4.29. The Bertz CT molecular complexity index is 599. The van der Waals surface area contributed by atoms with Gasteiger partial charge in [-0.2, -0.15) is 0 Å². The first-order chi connectivity index (χ1) is 9.08. The number of carboxylic acids is 1. The zero-order valence-corrected chi connectivity index (χ0v) is 10.8. The predicted molar refractivity (Wildman–Crippen MR) is 72.2 cm³/mol. The van der Waals surface area contributed by atoms with E-state index in [9.17, 15) is 4.79 Å². The van der Waals surface area contributed by atoms with Crippen molar-refractivity contribution in [2.24, 2.45) is 0 Å². The second-order valence-electron chi connectivity index (χ2n) is 4.29. The van der Waals surface area contributed by atoms with Crippen LogP contribution in [0, 0.1) is 6.92 Å². The summed E-state index contributed by atoms with van der Waals surface area (Å²) in [6.07, 6.45) is 1.43. The molecular weight excluding hydrogens is 242 g/mol. The number of benzene rings is 1. The van der Waals surface area contributed by atoms with Crippen LogP contribution in [-0.2, 0) is 0 Å². The summed E-state index contributed by atoms with van der Waals surface area (Å²) >= 11 is 0. The second kappa shape index (κ2) is 5.48. The van der Waals surface area contributed by atoms with Gasteiger partial charge in [0.05, 0.1) is 6.04 Å². The minimum Gasteiger partial charge on any atom is -0.477 e. The van der Waals surface area contributed by atoms with E-state index in [0.717, 1.165) is 11.1 Å². The van der Waals surface area contributed by atoms with Gasteiger partial charge >= 0.3 is 5.97 Å². The number of aromatic carboxylic acids is 1. The number of aromatic nitrogens is 2. The summed E-state index contributed by atoms with van der Waals surface area (Å²) in [5, 5.41) is 12.0. The Morgan fingerprint density at radius 1 is 1.32 bits per heavy atom. The van der Waals surface area contributed by atoms with Crippen LogP contribution in [0.5, 0.6) is 0 Å². The third kappa shape index (κ3) is 3.07. The van der Waals surface area contributed by atoms with Crippen molar-refractivity contribution >= 4 is 11.9 Å². The molecule has 0 aliphatic rings. The van der Waals surface area contributed by atoms with Crippen LogP contribution in [-0.4, -0.2) is 21.0 Å². The fourth-order valence-electron chi connectivity index (χ4n) is 1.89. The van der Waals surface area contributed by atoms with Crippen molar-refractivity contribution in [2.75, 3.05) is 5.32 Å². The number of rotatable bonds is 4. The van der Waals surface area contributed by atoms with E-state index in [1.807, 2.05) is 38.1 Å². The normalized spacial score (nSPS) is 11.9. The molecule has 0 saturated carbocycles. The molecule has 2 aromatic rings. The van der Waals surface area contributed by atoms with Crippen LogP contribution in [0.3, 0.4) is 0 Å². The third-order valence-corrected chi connectivity index (χ3v) is 2.88. The first-order valence-electron chi connectivity index (χ1n) is 5.96. The van der Waals surface area contributed by atoms with Crippen LogP contribution in [0.25, 0.3) is 0 Å². The molecule has 5 nitrogen and oxygen atoms in total. The van der Waals surface area contributed by atoms with Crippen molar-refractivity contribution < 1.29 is 9.90 Å². The van der Waals surface area contributed by atoms with Gasteiger partial charge in [-0.1, -0.05) is 24.3 Å². The number of anilines is 1. The maximum absolute atomic E-state index is 10.8. The first-order valence-corrected chi connectivity index (χ1v) is 5.96. The molecule has 0 aliphatic carbocycles. The van der Waals surface area contributed by atoms with Crippen LogP contribution in [0.4, 0.5) is 5.95 Å². The van der Waals surface area contributed by atoms with E-state index in [4.69, 9.17) is 5.11 Å². The Morgan fingerprint density at radius 2 is 2.05 bits per heavy atom. The summed E-state index contributed by atoms with van der Waals surface area (Å²) in [5.41, 5.74) is 2.28. The van der Waals surface area contributed by atoms with Gasteiger partial charge in [0.1, 0.15) is 0 Å². The monoisotopic (exact) mass is 257 g/mol. The van der Waals surface area contributed by atoms with Crippen molar-refractivity contribution in [1.82, 2.24) is 9.97 Å². The average Bonchev–Trinajstić information content (AvgIpc) is 2.39. The topological polar surface area (TPSA) is 75.1 Å². The standard InChI is InChI=1S/C14H15N3O2/c1-9-5-3-4-6-11(9)10(2)16-14-15-8-7-12(17-14)13(18)19/h3-8,10H,1-2H3,(H,18,19)(H,15,16,17). The van der Waals surface area contributed by atoms with Gasteiger partial charge in [-0.05, 0) is 31.0 Å². The molecule has 2 rings (SSSR count). The van der Waals surface area contributed by atoms with Crippen molar-refractivity contribution in [3.05, 3.63) is 53.3 Å². The maximum atomic E-state index is 10.8. The molecule has 5 heteroatoms. The highest BCUT2D eigenvalue weighted by molar-refractivity contribution is 5.85. The van der Waals surface area contributed by atoms with Gasteiger partial charge in [-0.25, -0.2) is 14.8 Å². The summed E-state index contributed by atoms with van der Waals surface area (Å²) in [6, 6.07) is 9.37. The number of nitrogens with one attached hydrogen (secondary N) is 1. The van der Waals surface area contributed by atoms with E-state index >= 15 is 0 Å². The molecule has 0 radical (unpaired) electrons. The summed E-state index contributed by atoms with van der Waals surface area (Å²) in [7, 11) is 0. The van der Waals surface area contributed by atoms with E-state index in [0.29, 0.717) is 5.95 Å². The maximum Gasteiger partial charge on any atom is 0.354 e. The summed E-state index contributed by atoms with van der Waals surface area (Å²) in [6.45, 7) is 4.02. The molecule has 98 valence electrons. The highest BCUT2D eigenvalue weighted by Gasteiger charge is 2.11. The van der Waals surface area contributed by atoms with Gasteiger partial charge in [0, 0.05) is 6.20 Å². The van der Waals surface area contributed by atoms with Crippen molar-refractivity contribution in [3.63, 3.8) is 0 Å². The van der Waals surface area contributed by atoms with Gasteiger partial charge in [-0.3, -0.25) is 0 Å². The minimum absolute atomic E-state index is 0.00486. The Morgan fingerprint density at radius 3 is 2.74 bits per heavy atom. The minimum atomic E-state index is -1.06. The van der Waals surface area contributed by atoms with Crippen LogP contribution >= 0.6 is 0 Å². The molecule has 0 bridgehead atoms. The molecule has 0 fully saturated rings. The van der Waals surface area contributed by atoms with Gasteiger partial charge < -0.3 is 10.4 Å². The molecule has 0 amide bonds. The molecule has 0 spiro atoms. The summed E-state index contributed by atoms with van der Waals surface area (Å²) in [4.78, 5) is 18.8. The molecule has 0 saturated heterocycles. The van der Waals surface area contributed by atoms with Gasteiger partial charge in [0.2, 0.25) is 5.95 Å². The van der Waals surface area contributed by atoms with Crippen LogP contribution in [0.2, 0.25) is 0 Å². The fraction of sp³-hybridized carbons (Fsp3) is 0.214. The number of hydrogen-bond donors (Lipinski definition) is 2. The predicted octanol–water partition coefficient (Wildman–Crippen LogP) is 2.66. The van der Waals surface area contributed by atoms with E-state index in [2.05, 4.69) is 15.3 Å². The third-order valence-electron chi connectivity index (χ3n) is 2.88. The molecule has 1 atom stereocenters. The van der Waals surface area contributed by atoms with Crippen LogP contribution in [0.15, 0.2) is 36.5 Å². The molecular formula is C14H15N3O2. The number of hydrogen-bond acceptors (Lipinski definition) is 4. The van der Waals surface area contributed by atoms with Gasteiger partial charge in [-0.15, -0.1) is 0 Å². The Labute approximate surface area is 111 Å². The highest BCUT2D eigenvalue weighted by atomic mass is 16.4. The highest BCUT2D eigenvalue weighted by Crippen LogP contribution is 2.19. The first kappa shape index (κ1) is 13.0. The number of carbonyl (C=O) groups is 1. The average molecular weight is 257 g/mol. The van der Waals surface area contributed by atoms with Gasteiger partial charge in [0.25, 0.3) is 0 Å². The molecule has 1 aromatic heterocycles. The number of aryl methyl sites for hydroxylation is 1. The molecule has 1 aromatic carbocycles. The van der Waals surface area contributed by atoms with Crippen molar-refractivity contribution in [1.29, 1.82) is 0 Å². The lowest BCUT2D eigenvalue weighted by Crippen LogP contribution is -2.12. The number of carboxylic acid groups (broad SMARTS) is 1. The van der Waals surface area contributed by atoms with E-state index in [1.165, 1.54) is 12.3 Å². The van der Waals surface area contributed by atoms with Gasteiger partial charge in [0.15, 0.2) is 5.69 Å².